The van der Waals surface area contributed by atoms with Crippen LogP contribution in [-0.2, 0) is 0 Å². The average Bonchev–Trinajstić information content (AvgIpc) is 2.32. The van der Waals surface area contributed by atoms with E-state index in [1.807, 2.05) is 23.9 Å². The van der Waals surface area contributed by atoms with Crippen LogP contribution in [0.2, 0.25) is 5.02 Å². The molecule has 0 bridgehead atoms. The number of hydrogen-bond acceptors (Lipinski definition) is 3. The van der Waals surface area contributed by atoms with Crippen molar-refractivity contribution in [3.8, 4) is 0 Å². The largest absolute Gasteiger partial charge is 0.329 e. The van der Waals surface area contributed by atoms with Crippen LogP contribution in [0.1, 0.15) is 11.6 Å². The van der Waals surface area contributed by atoms with Crippen LogP contribution in [-0.4, -0.2) is 37.0 Å². The van der Waals surface area contributed by atoms with Crippen molar-refractivity contribution in [2.24, 2.45) is 5.73 Å². The Bertz CT molecular complexity index is 362. The average molecular weight is 338 g/mol. The molecule has 0 aliphatic carbocycles. The van der Waals surface area contributed by atoms with Gasteiger partial charge in [-0.2, -0.15) is 11.8 Å². The molecule has 0 aliphatic heterocycles. The Morgan fingerprint density at radius 1 is 1.53 bits per heavy atom. The summed E-state index contributed by atoms with van der Waals surface area (Å²) in [4.78, 5) is 2.27. The van der Waals surface area contributed by atoms with Gasteiger partial charge in [-0.3, -0.25) is 4.90 Å². The molecule has 0 heterocycles. The summed E-state index contributed by atoms with van der Waals surface area (Å²) in [6.07, 6.45) is 2.11. The van der Waals surface area contributed by atoms with Crippen LogP contribution in [0.5, 0.6) is 0 Å². The van der Waals surface area contributed by atoms with E-state index < -0.39 is 0 Å². The van der Waals surface area contributed by atoms with Crippen molar-refractivity contribution in [1.29, 1.82) is 0 Å². The topological polar surface area (TPSA) is 29.3 Å². The first-order valence-electron chi connectivity index (χ1n) is 5.44. The number of nitrogens with zero attached hydrogens (tertiary/aromatic N) is 1. The van der Waals surface area contributed by atoms with Crippen LogP contribution in [0.3, 0.4) is 0 Å². The van der Waals surface area contributed by atoms with E-state index in [0.717, 1.165) is 21.8 Å². The van der Waals surface area contributed by atoms with Crippen molar-refractivity contribution in [2.75, 3.05) is 32.1 Å². The summed E-state index contributed by atoms with van der Waals surface area (Å²) < 4.78 is 0.922. The van der Waals surface area contributed by atoms with E-state index in [-0.39, 0.29) is 6.04 Å². The number of likely N-dealkylation sites (N-methyl/N-ethyl adjacent to an activating group) is 1. The fraction of sp³-hybridized carbons (Fsp3) is 0.500. The summed E-state index contributed by atoms with van der Waals surface area (Å²) in [5.74, 6) is 1.11. The van der Waals surface area contributed by atoms with Gasteiger partial charge in [-0.25, -0.2) is 0 Å². The lowest BCUT2D eigenvalue weighted by Gasteiger charge is -2.27. The quantitative estimate of drug-likeness (QED) is 0.862. The lowest BCUT2D eigenvalue weighted by atomic mass is 10.1. The second kappa shape index (κ2) is 7.64. The molecule has 2 nitrogen and oxygen atoms in total. The summed E-state index contributed by atoms with van der Waals surface area (Å²) in [5, 5.41) is 0.735. The van der Waals surface area contributed by atoms with Gasteiger partial charge in [-0.05, 0) is 46.9 Å². The van der Waals surface area contributed by atoms with Crippen LogP contribution in [0.25, 0.3) is 0 Å². The molecule has 5 heteroatoms. The molecule has 1 aromatic rings. The Morgan fingerprint density at radius 3 is 2.76 bits per heavy atom. The Labute approximate surface area is 121 Å². The summed E-state index contributed by atoms with van der Waals surface area (Å²) >= 11 is 11.4. The lowest BCUT2D eigenvalue weighted by molar-refractivity contribution is 0.265. The molecule has 0 saturated carbocycles. The minimum atomic E-state index is 0.229. The number of rotatable bonds is 6. The van der Waals surface area contributed by atoms with Gasteiger partial charge in [0.1, 0.15) is 0 Å². The van der Waals surface area contributed by atoms with Gasteiger partial charge in [-0.1, -0.05) is 17.7 Å². The summed E-state index contributed by atoms with van der Waals surface area (Å²) in [6, 6.07) is 6.26. The third kappa shape index (κ3) is 4.45. The van der Waals surface area contributed by atoms with E-state index >= 15 is 0 Å². The first-order chi connectivity index (χ1) is 8.10. The number of benzene rings is 1. The highest BCUT2D eigenvalue weighted by atomic mass is 79.9. The Balaban J connectivity index is 2.81. The van der Waals surface area contributed by atoms with Crippen molar-refractivity contribution in [3.63, 3.8) is 0 Å². The third-order valence-electron chi connectivity index (χ3n) is 2.73. The molecule has 17 heavy (non-hydrogen) atoms. The number of nitrogens with two attached hydrogens (primary N) is 1. The van der Waals surface area contributed by atoms with Gasteiger partial charge in [-0.15, -0.1) is 0 Å². The van der Waals surface area contributed by atoms with Crippen molar-refractivity contribution >= 4 is 39.3 Å². The highest BCUT2D eigenvalue weighted by molar-refractivity contribution is 9.10. The first-order valence-corrected chi connectivity index (χ1v) is 8.00. The summed E-state index contributed by atoms with van der Waals surface area (Å²) in [5.41, 5.74) is 7.03. The zero-order valence-electron chi connectivity index (χ0n) is 10.1. The summed E-state index contributed by atoms with van der Waals surface area (Å²) in [7, 11) is 2.10. The van der Waals surface area contributed by atoms with Gasteiger partial charge in [0, 0.05) is 29.4 Å². The Morgan fingerprint density at radius 2 is 2.24 bits per heavy atom. The number of thioether (sulfide) groups is 1. The molecule has 2 N–H and O–H groups in total. The predicted octanol–water partition coefficient (Wildman–Crippen LogP) is 3.40. The molecule has 0 fully saturated rings. The van der Waals surface area contributed by atoms with Crippen LogP contribution in [0.15, 0.2) is 22.7 Å². The molecule has 1 atom stereocenters. The number of halogens is 2. The van der Waals surface area contributed by atoms with Crippen LogP contribution < -0.4 is 5.73 Å². The molecular formula is C12H18BrClN2S. The van der Waals surface area contributed by atoms with Crippen molar-refractivity contribution in [2.45, 2.75) is 6.04 Å². The molecule has 0 amide bonds. The molecular weight excluding hydrogens is 320 g/mol. The van der Waals surface area contributed by atoms with Gasteiger partial charge in [0.15, 0.2) is 0 Å². The standard InChI is InChI=1S/C12H18BrClN2S/c1-16(5-6-17-2)12(8-15)9-3-4-10(13)11(14)7-9/h3-4,7,12H,5-6,8,15H2,1-2H3. The van der Waals surface area contributed by atoms with Gasteiger partial charge < -0.3 is 5.73 Å². The van der Waals surface area contributed by atoms with Gasteiger partial charge >= 0.3 is 0 Å². The van der Waals surface area contributed by atoms with E-state index in [1.54, 1.807) is 0 Å². The normalized spacial score (nSPS) is 13.1. The second-order valence-electron chi connectivity index (χ2n) is 3.90. The third-order valence-corrected chi connectivity index (χ3v) is 4.56. The molecule has 0 aromatic heterocycles. The molecule has 1 aromatic carbocycles. The van der Waals surface area contributed by atoms with E-state index in [9.17, 15) is 0 Å². The maximum absolute atomic E-state index is 6.11. The summed E-state index contributed by atoms with van der Waals surface area (Å²) in [6.45, 7) is 1.62. The highest BCUT2D eigenvalue weighted by Crippen LogP contribution is 2.27. The molecule has 0 aliphatic rings. The van der Waals surface area contributed by atoms with E-state index in [4.69, 9.17) is 17.3 Å². The van der Waals surface area contributed by atoms with E-state index in [0.29, 0.717) is 6.54 Å². The van der Waals surface area contributed by atoms with E-state index in [1.165, 1.54) is 5.56 Å². The molecule has 0 spiro atoms. The van der Waals surface area contributed by atoms with Crippen molar-refractivity contribution in [1.82, 2.24) is 4.90 Å². The molecule has 0 radical (unpaired) electrons. The van der Waals surface area contributed by atoms with Crippen LogP contribution in [0.4, 0.5) is 0 Å². The Kier molecular flexibility index (Phi) is 6.89. The lowest BCUT2D eigenvalue weighted by Crippen LogP contribution is -2.32. The minimum Gasteiger partial charge on any atom is -0.329 e. The first kappa shape index (κ1) is 15.3. The van der Waals surface area contributed by atoms with Gasteiger partial charge in [0.2, 0.25) is 0 Å². The van der Waals surface area contributed by atoms with Crippen molar-refractivity contribution in [3.05, 3.63) is 33.3 Å². The fourth-order valence-corrected chi connectivity index (χ4v) is 2.59. The monoisotopic (exact) mass is 336 g/mol. The smallest absolute Gasteiger partial charge is 0.0551 e. The van der Waals surface area contributed by atoms with E-state index in [2.05, 4.69) is 40.2 Å². The SMILES string of the molecule is CSCCN(C)C(CN)c1ccc(Br)c(Cl)c1. The second-order valence-corrected chi connectivity index (χ2v) is 6.15. The fourth-order valence-electron chi connectivity index (χ4n) is 1.68. The minimum absolute atomic E-state index is 0.229. The predicted molar refractivity (Wildman–Crippen MR) is 82.0 cm³/mol. The molecule has 96 valence electrons. The maximum atomic E-state index is 6.11. The zero-order chi connectivity index (χ0) is 12.8. The van der Waals surface area contributed by atoms with Crippen LogP contribution in [0, 0.1) is 0 Å². The Hall–Kier alpha value is 0.260. The zero-order valence-corrected chi connectivity index (χ0v) is 13.3. The van der Waals surface area contributed by atoms with Crippen molar-refractivity contribution < 1.29 is 0 Å². The maximum Gasteiger partial charge on any atom is 0.0551 e. The van der Waals surface area contributed by atoms with Gasteiger partial charge in [0.05, 0.1) is 5.02 Å². The molecule has 1 rings (SSSR count). The number of hydrogen-bond donors (Lipinski definition) is 1. The highest BCUT2D eigenvalue weighted by Gasteiger charge is 2.15. The van der Waals surface area contributed by atoms with Gasteiger partial charge in [0.25, 0.3) is 0 Å². The molecule has 1 unspecified atom stereocenters. The molecule has 0 saturated heterocycles. The van der Waals surface area contributed by atoms with Crippen LogP contribution >= 0.6 is 39.3 Å².